The third-order valence-corrected chi connectivity index (χ3v) is 4.06. The van der Waals surface area contributed by atoms with Crippen LogP contribution < -0.4 is 5.32 Å². The molecule has 0 spiro atoms. The summed E-state index contributed by atoms with van der Waals surface area (Å²) in [6, 6.07) is 10.1. The number of phenols is 1. The monoisotopic (exact) mass is 391 g/mol. The first-order valence-electron chi connectivity index (χ1n) is 7.35. The maximum Gasteiger partial charge on any atom is 0.342 e. The van der Waals surface area contributed by atoms with Crippen LogP contribution in [0.1, 0.15) is 28.4 Å². The number of nitrogens with one attached hydrogen (secondary N) is 1. The van der Waals surface area contributed by atoms with Crippen LogP contribution in [0.2, 0.25) is 0 Å². The average Bonchev–Trinajstić information content (AvgIpc) is 2.49. The molecule has 0 aliphatic rings. The summed E-state index contributed by atoms with van der Waals surface area (Å²) in [5, 5.41) is 12.5. The number of anilines is 1. The van der Waals surface area contributed by atoms with Crippen LogP contribution in [-0.4, -0.2) is 23.1 Å². The van der Waals surface area contributed by atoms with E-state index in [0.717, 1.165) is 15.6 Å². The normalized spacial score (nSPS) is 11.7. The number of phenolic OH excluding ortho intramolecular Hbond substituents is 1. The molecule has 0 aliphatic carbocycles. The highest BCUT2D eigenvalue weighted by molar-refractivity contribution is 9.10. The van der Waals surface area contributed by atoms with Crippen molar-refractivity contribution in [1.82, 2.24) is 0 Å². The molecule has 0 radical (unpaired) electrons. The first-order chi connectivity index (χ1) is 11.3. The van der Waals surface area contributed by atoms with Gasteiger partial charge in [0.05, 0.1) is 5.69 Å². The zero-order chi connectivity index (χ0) is 17.9. The maximum absolute atomic E-state index is 12.2. The minimum absolute atomic E-state index is 0.0248. The van der Waals surface area contributed by atoms with Crippen LogP contribution >= 0.6 is 15.9 Å². The van der Waals surface area contributed by atoms with Crippen LogP contribution in [0.5, 0.6) is 5.75 Å². The fraction of sp³-hybridized carbons (Fsp3) is 0.222. The van der Waals surface area contributed by atoms with E-state index in [1.807, 2.05) is 19.1 Å². The fourth-order valence-electron chi connectivity index (χ4n) is 2.05. The van der Waals surface area contributed by atoms with Gasteiger partial charge in [-0.2, -0.15) is 0 Å². The van der Waals surface area contributed by atoms with Crippen molar-refractivity contribution in [2.75, 3.05) is 5.32 Å². The minimum Gasteiger partial charge on any atom is -0.507 e. The number of aromatic hydroxyl groups is 1. The van der Waals surface area contributed by atoms with Gasteiger partial charge in [-0.25, -0.2) is 4.79 Å². The molecule has 24 heavy (non-hydrogen) atoms. The van der Waals surface area contributed by atoms with Gasteiger partial charge in [0.2, 0.25) is 0 Å². The van der Waals surface area contributed by atoms with Gasteiger partial charge in [-0.1, -0.05) is 12.1 Å². The van der Waals surface area contributed by atoms with Gasteiger partial charge in [0.15, 0.2) is 6.10 Å². The number of amides is 1. The lowest BCUT2D eigenvalue weighted by atomic mass is 10.1. The van der Waals surface area contributed by atoms with Crippen LogP contribution in [0.4, 0.5) is 5.69 Å². The number of carbonyl (C=O) groups is 2. The van der Waals surface area contributed by atoms with E-state index in [2.05, 4.69) is 21.2 Å². The summed E-state index contributed by atoms with van der Waals surface area (Å²) in [5.41, 5.74) is 2.48. The van der Waals surface area contributed by atoms with Gasteiger partial charge in [-0.3, -0.25) is 4.79 Å². The Bertz CT molecular complexity index is 789. The summed E-state index contributed by atoms with van der Waals surface area (Å²) in [6.45, 7) is 5.21. The quantitative estimate of drug-likeness (QED) is 0.773. The highest BCUT2D eigenvalue weighted by atomic mass is 79.9. The smallest absolute Gasteiger partial charge is 0.342 e. The molecule has 0 saturated heterocycles. The van der Waals surface area contributed by atoms with E-state index in [0.29, 0.717) is 5.69 Å². The number of hydrogen-bond donors (Lipinski definition) is 2. The second-order valence-corrected chi connectivity index (χ2v) is 6.40. The predicted octanol–water partition coefficient (Wildman–Crippen LogP) is 3.96. The van der Waals surface area contributed by atoms with Gasteiger partial charge < -0.3 is 15.2 Å². The predicted molar refractivity (Wildman–Crippen MR) is 95.2 cm³/mol. The summed E-state index contributed by atoms with van der Waals surface area (Å²) in [6.07, 6.45) is -1.01. The number of rotatable bonds is 4. The third-order valence-electron chi connectivity index (χ3n) is 3.41. The highest BCUT2D eigenvalue weighted by Gasteiger charge is 2.21. The van der Waals surface area contributed by atoms with Crippen LogP contribution in [-0.2, 0) is 9.53 Å². The molecule has 0 aliphatic heterocycles. The van der Waals surface area contributed by atoms with Gasteiger partial charge in [0.1, 0.15) is 11.3 Å². The van der Waals surface area contributed by atoms with E-state index in [-0.39, 0.29) is 11.3 Å². The van der Waals surface area contributed by atoms with E-state index in [1.165, 1.54) is 19.1 Å². The van der Waals surface area contributed by atoms with E-state index in [1.54, 1.807) is 19.1 Å². The van der Waals surface area contributed by atoms with Crippen molar-refractivity contribution >= 4 is 33.5 Å². The molecule has 2 aromatic carbocycles. The molecule has 0 aromatic heterocycles. The molecule has 0 bridgehead atoms. The summed E-state index contributed by atoms with van der Waals surface area (Å²) in [5.74, 6) is -1.38. The SMILES string of the molecule is Cc1ccc(C(=O)O[C@@H](C)C(=O)Nc2ccc(C)cc2Br)c(O)c1. The second-order valence-electron chi connectivity index (χ2n) is 5.54. The van der Waals surface area contributed by atoms with Crippen LogP contribution in [0.3, 0.4) is 0 Å². The largest absolute Gasteiger partial charge is 0.507 e. The van der Waals surface area contributed by atoms with Crippen molar-refractivity contribution in [3.05, 3.63) is 57.6 Å². The standard InChI is InChI=1S/C18H18BrNO4/c1-10-5-7-15(14(19)8-10)20-17(22)12(3)24-18(23)13-6-4-11(2)9-16(13)21/h4-9,12,21H,1-3H3,(H,20,22)/t12-/m0/s1. The van der Waals surface area contributed by atoms with Crippen LogP contribution in [0.15, 0.2) is 40.9 Å². The first-order valence-corrected chi connectivity index (χ1v) is 8.15. The molecular weight excluding hydrogens is 374 g/mol. The van der Waals surface area contributed by atoms with Crippen molar-refractivity contribution in [2.24, 2.45) is 0 Å². The molecule has 0 fully saturated rings. The van der Waals surface area contributed by atoms with Crippen LogP contribution in [0, 0.1) is 13.8 Å². The number of carbonyl (C=O) groups excluding carboxylic acids is 2. The lowest BCUT2D eigenvalue weighted by Gasteiger charge is -2.15. The molecule has 126 valence electrons. The van der Waals surface area contributed by atoms with Gasteiger partial charge in [-0.05, 0) is 72.1 Å². The van der Waals surface area contributed by atoms with E-state index in [9.17, 15) is 14.7 Å². The van der Waals surface area contributed by atoms with Gasteiger partial charge in [0, 0.05) is 4.47 Å². The van der Waals surface area contributed by atoms with Crippen molar-refractivity contribution < 1.29 is 19.4 Å². The molecule has 0 unspecified atom stereocenters. The zero-order valence-corrected chi connectivity index (χ0v) is 15.2. The fourth-order valence-corrected chi connectivity index (χ4v) is 2.64. The van der Waals surface area contributed by atoms with Crippen molar-refractivity contribution in [2.45, 2.75) is 26.9 Å². The van der Waals surface area contributed by atoms with Crippen LogP contribution in [0.25, 0.3) is 0 Å². The summed E-state index contributed by atoms with van der Waals surface area (Å²) in [7, 11) is 0. The Morgan fingerprint density at radius 2 is 1.75 bits per heavy atom. The molecule has 6 heteroatoms. The van der Waals surface area contributed by atoms with E-state index >= 15 is 0 Å². The Hall–Kier alpha value is -2.34. The Morgan fingerprint density at radius 1 is 1.12 bits per heavy atom. The Labute approximate surface area is 148 Å². The number of halogens is 1. The highest BCUT2D eigenvalue weighted by Crippen LogP contribution is 2.24. The number of ether oxygens (including phenoxy) is 1. The Morgan fingerprint density at radius 3 is 2.38 bits per heavy atom. The zero-order valence-electron chi connectivity index (χ0n) is 13.6. The summed E-state index contributed by atoms with van der Waals surface area (Å²) in [4.78, 5) is 24.3. The Kier molecular flexibility index (Phi) is 5.62. The molecule has 0 heterocycles. The molecule has 1 amide bonds. The summed E-state index contributed by atoms with van der Waals surface area (Å²) < 4.78 is 5.87. The minimum atomic E-state index is -1.01. The molecule has 0 saturated carbocycles. The summed E-state index contributed by atoms with van der Waals surface area (Å²) >= 11 is 3.37. The molecular formula is C18H18BrNO4. The van der Waals surface area contributed by atoms with Gasteiger partial charge in [0.25, 0.3) is 5.91 Å². The lowest BCUT2D eigenvalue weighted by Crippen LogP contribution is -2.30. The average molecular weight is 392 g/mol. The number of aryl methyl sites for hydroxylation is 2. The van der Waals surface area contributed by atoms with Crippen molar-refractivity contribution in [3.8, 4) is 5.75 Å². The molecule has 2 rings (SSSR count). The molecule has 2 N–H and O–H groups in total. The first kappa shape index (κ1) is 18.0. The Balaban J connectivity index is 2.04. The molecule has 5 nitrogen and oxygen atoms in total. The van der Waals surface area contributed by atoms with E-state index in [4.69, 9.17) is 4.74 Å². The van der Waals surface area contributed by atoms with Gasteiger partial charge in [-0.15, -0.1) is 0 Å². The molecule has 2 aromatic rings. The number of esters is 1. The topological polar surface area (TPSA) is 75.6 Å². The molecule has 1 atom stereocenters. The number of benzene rings is 2. The van der Waals surface area contributed by atoms with E-state index < -0.39 is 18.0 Å². The van der Waals surface area contributed by atoms with Crippen molar-refractivity contribution in [1.29, 1.82) is 0 Å². The lowest BCUT2D eigenvalue weighted by molar-refractivity contribution is -0.123. The maximum atomic E-state index is 12.2. The third kappa shape index (κ3) is 4.35. The second kappa shape index (κ2) is 7.49. The van der Waals surface area contributed by atoms with Gasteiger partial charge >= 0.3 is 5.97 Å². The number of hydrogen-bond acceptors (Lipinski definition) is 4. The van der Waals surface area contributed by atoms with Crippen molar-refractivity contribution in [3.63, 3.8) is 0 Å².